The Morgan fingerprint density at radius 2 is 1.95 bits per heavy atom. The molecule has 4 rings (SSSR count). The highest BCUT2D eigenvalue weighted by Gasteiger charge is 2.22. The molecule has 0 amide bonds. The number of hydrogen-bond acceptors (Lipinski definition) is 9. The summed E-state index contributed by atoms with van der Waals surface area (Å²) in [5.41, 5.74) is 0.987. The Labute approximate surface area is 228 Å². The van der Waals surface area contributed by atoms with Crippen molar-refractivity contribution in [1.82, 2.24) is 19.6 Å². The fourth-order valence-electron chi connectivity index (χ4n) is 4.08. The SMILES string of the molecule is CCOc1cc(OC2CCN(C)C2)ccc1Nc1ncc(Cl)c(Nc2ccccc2S(=O)(=O)NC(C)C)n1. The molecule has 0 radical (unpaired) electrons. The van der Waals surface area contributed by atoms with Gasteiger partial charge in [0.1, 0.15) is 27.5 Å². The summed E-state index contributed by atoms with van der Waals surface area (Å²) in [7, 11) is -1.67. The third-order valence-corrected chi connectivity index (χ3v) is 7.71. The van der Waals surface area contributed by atoms with Gasteiger partial charge in [0.05, 0.1) is 24.2 Å². The minimum absolute atomic E-state index is 0.0839. The molecule has 0 saturated carbocycles. The molecular weight excluding hydrogens is 528 g/mol. The number of para-hydroxylation sites is 1. The number of sulfonamides is 1. The van der Waals surface area contributed by atoms with Gasteiger partial charge in [-0.05, 0) is 58.5 Å². The molecule has 12 heteroatoms. The number of aromatic nitrogens is 2. The van der Waals surface area contributed by atoms with Gasteiger partial charge in [-0.3, -0.25) is 0 Å². The molecule has 10 nitrogen and oxygen atoms in total. The minimum atomic E-state index is -3.76. The van der Waals surface area contributed by atoms with Crippen molar-refractivity contribution in [3.8, 4) is 11.5 Å². The van der Waals surface area contributed by atoms with Gasteiger partial charge in [-0.1, -0.05) is 23.7 Å². The Morgan fingerprint density at radius 1 is 1.16 bits per heavy atom. The number of likely N-dealkylation sites (tertiary alicyclic amines) is 1. The topological polar surface area (TPSA) is 118 Å². The second-order valence-corrected chi connectivity index (χ2v) is 11.4. The molecule has 204 valence electrons. The van der Waals surface area contributed by atoms with Crippen molar-refractivity contribution in [3.63, 3.8) is 0 Å². The van der Waals surface area contributed by atoms with Crippen LogP contribution in [0.3, 0.4) is 0 Å². The molecule has 3 N–H and O–H groups in total. The molecule has 3 aromatic rings. The first kappa shape index (κ1) is 27.9. The number of nitrogens with zero attached hydrogens (tertiary/aromatic N) is 3. The van der Waals surface area contributed by atoms with Gasteiger partial charge in [0.15, 0.2) is 5.82 Å². The van der Waals surface area contributed by atoms with Crippen LogP contribution >= 0.6 is 11.6 Å². The van der Waals surface area contributed by atoms with E-state index in [0.717, 1.165) is 25.3 Å². The molecule has 1 unspecified atom stereocenters. The zero-order valence-electron chi connectivity index (χ0n) is 21.9. The van der Waals surface area contributed by atoms with Crippen LogP contribution in [-0.4, -0.2) is 62.2 Å². The Balaban J connectivity index is 1.56. The number of rotatable bonds is 11. The molecule has 2 heterocycles. The van der Waals surface area contributed by atoms with E-state index in [0.29, 0.717) is 23.7 Å². The van der Waals surface area contributed by atoms with Crippen molar-refractivity contribution < 1.29 is 17.9 Å². The van der Waals surface area contributed by atoms with Crippen LogP contribution < -0.4 is 24.8 Å². The Morgan fingerprint density at radius 3 is 2.66 bits per heavy atom. The van der Waals surface area contributed by atoms with E-state index >= 15 is 0 Å². The monoisotopic (exact) mass is 560 g/mol. The van der Waals surface area contributed by atoms with Gasteiger partial charge in [-0.25, -0.2) is 18.1 Å². The van der Waals surface area contributed by atoms with E-state index in [1.165, 1.54) is 12.3 Å². The van der Waals surface area contributed by atoms with Crippen molar-refractivity contribution in [3.05, 3.63) is 53.7 Å². The van der Waals surface area contributed by atoms with E-state index < -0.39 is 10.0 Å². The number of likely N-dealkylation sites (N-methyl/N-ethyl adjacent to an activating group) is 1. The predicted molar refractivity (Wildman–Crippen MR) is 150 cm³/mol. The summed E-state index contributed by atoms with van der Waals surface area (Å²) in [6.07, 6.45) is 2.56. The molecule has 1 atom stereocenters. The average molecular weight is 561 g/mol. The third-order valence-electron chi connectivity index (χ3n) is 5.71. The van der Waals surface area contributed by atoms with Crippen molar-refractivity contribution in [2.75, 3.05) is 37.4 Å². The van der Waals surface area contributed by atoms with Crippen molar-refractivity contribution in [2.45, 2.75) is 44.2 Å². The molecular formula is C26H33ClN6O4S. The highest BCUT2D eigenvalue weighted by Crippen LogP contribution is 2.34. The number of benzene rings is 2. The molecule has 1 aromatic heterocycles. The van der Waals surface area contributed by atoms with Crippen LogP contribution in [0.1, 0.15) is 27.2 Å². The van der Waals surface area contributed by atoms with E-state index in [1.807, 2.05) is 25.1 Å². The smallest absolute Gasteiger partial charge is 0.242 e. The first-order valence-electron chi connectivity index (χ1n) is 12.4. The quantitative estimate of drug-likeness (QED) is 0.304. The van der Waals surface area contributed by atoms with Gasteiger partial charge < -0.3 is 25.0 Å². The van der Waals surface area contributed by atoms with Crippen molar-refractivity contribution >= 4 is 44.8 Å². The second kappa shape index (κ2) is 12.2. The Hall–Kier alpha value is -3.12. The van der Waals surface area contributed by atoms with Crippen LogP contribution in [0.15, 0.2) is 53.6 Å². The summed E-state index contributed by atoms with van der Waals surface area (Å²) < 4.78 is 40.3. The van der Waals surface area contributed by atoms with Gasteiger partial charge in [-0.2, -0.15) is 4.98 Å². The molecule has 1 aliphatic heterocycles. The fraction of sp³-hybridized carbons (Fsp3) is 0.385. The van der Waals surface area contributed by atoms with Gasteiger partial charge >= 0.3 is 0 Å². The lowest BCUT2D eigenvalue weighted by Crippen LogP contribution is -2.30. The Kier molecular flexibility index (Phi) is 8.93. The number of halogens is 1. The second-order valence-electron chi connectivity index (χ2n) is 9.29. The first-order chi connectivity index (χ1) is 18.1. The zero-order valence-corrected chi connectivity index (χ0v) is 23.4. The molecule has 1 aliphatic rings. The molecule has 2 aromatic carbocycles. The number of nitrogens with one attached hydrogen (secondary N) is 3. The predicted octanol–water partition coefficient (Wildman–Crippen LogP) is 4.79. The maximum Gasteiger partial charge on any atom is 0.242 e. The molecule has 0 aliphatic carbocycles. The highest BCUT2D eigenvalue weighted by molar-refractivity contribution is 7.89. The van der Waals surface area contributed by atoms with E-state index in [4.69, 9.17) is 21.1 Å². The fourth-order valence-corrected chi connectivity index (χ4v) is 5.63. The third kappa shape index (κ3) is 7.04. The van der Waals surface area contributed by atoms with Gasteiger partial charge in [0.25, 0.3) is 0 Å². The summed E-state index contributed by atoms with van der Waals surface area (Å²) in [5, 5.41) is 6.44. The minimum Gasteiger partial charge on any atom is -0.492 e. The van der Waals surface area contributed by atoms with E-state index in [9.17, 15) is 8.42 Å². The van der Waals surface area contributed by atoms with Crippen LogP contribution in [0.25, 0.3) is 0 Å². The van der Waals surface area contributed by atoms with Crippen molar-refractivity contribution in [1.29, 1.82) is 0 Å². The lowest BCUT2D eigenvalue weighted by molar-refractivity contribution is 0.207. The van der Waals surface area contributed by atoms with E-state index in [1.54, 1.807) is 32.0 Å². The number of anilines is 4. The van der Waals surface area contributed by atoms with E-state index in [2.05, 4.69) is 37.3 Å². The standard InChI is InChI=1S/C26H33ClN6O4S/c1-5-36-23-14-18(37-19-12-13-33(4)16-19)10-11-21(23)30-26-28-15-20(27)25(31-26)29-22-8-6-7-9-24(22)38(34,35)32-17(2)3/h6-11,14-15,17,19,32H,5,12-13,16H2,1-4H3,(H2,28,29,30,31). The summed E-state index contributed by atoms with van der Waals surface area (Å²) in [6, 6.07) is 11.9. The van der Waals surface area contributed by atoms with Crippen LogP contribution in [0.5, 0.6) is 11.5 Å². The molecule has 1 fully saturated rings. The summed E-state index contributed by atoms with van der Waals surface area (Å²) >= 11 is 6.37. The summed E-state index contributed by atoms with van der Waals surface area (Å²) in [4.78, 5) is 11.1. The van der Waals surface area contributed by atoms with Gasteiger partial charge in [0, 0.05) is 25.2 Å². The highest BCUT2D eigenvalue weighted by atomic mass is 35.5. The van der Waals surface area contributed by atoms with Gasteiger partial charge in [0.2, 0.25) is 16.0 Å². The zero-order chi connectivity index (χ0) is 27.3. The van der Waals surface area contributed by atoms with Crippen LogP contribution in [0.4, 0.5) is 23.1 Å². The maximum absolute atomic E-state index is 12.8. The summed E-state index contributed by atoms with van der Waals surface area (Å²) in [5.74, 6) is 1.83. The molecule has 0 spiro atoms. The maximum atomic E-state index is 12.8. The average Bonchev–Trinajstić information content (AvgIpc) is 3.27. The summed E-state index contributed by atoms with van der Waals surface area (Å²) in [6.45, 7) is 7.79. The van der Waals surface area contributed by atoms with Crippen LogP contribution in [0.2, 0.25) is 5.02 Å². The lowest BCUT2D eigenvalue weighted by Gasteiger charge is -2.17. The molecule has 0 bridgehead atoms. The number of ether oxygens (including phenoxy) is 2. The molecule has 1 saturated heterocycles. The van der Waals surface area contributed by atoms with Gasteiger partial charge in [-0.15, -0.1) is 0 Å². The van der Waals surface area contributed by atoms with Crippen molar-refractivity contribution in [2.24, 2.45) is 0 Å². The molecule has 38 heavy (non-hydrogen) atoms. The normalized spacial score (nSPS) is 16.0. The Bertz CT molecular complexity index is 1370. The number of hydrogen-bond donors (Lipinski definition) is 3. The largest absolute Gasteiger partial charge is 0.492 e. The van der Waals surface area contributed by atoms with E-state index in [-0.39, 0.29) is 33.8 Å². The van der Waals surface area contributed by atoms with Crippen LogP contribution in [0, 0.1) is 0 Å². The lowest BCUT2D eigenvalue weighted by atomic mass is 10.2. The first-order valence-corrected chi connectivity index (χ1v) is 14.3. The van der Waals surface area contributed by atoms with Crippen LogP contribution in [-0.2, 0) is 10.0 Å².